The number of hydrogen-bond donors (Lipinski definition) is 1. The van der Waals surface area contributed by atoms with Crippen LogP contribution < -0.4 is 10.1 Å². The van der Waals surface area contributed by atoms with Gasteiger partial charge in [0.2, 0.25) is 0 Å². The third kappa shape index (κ3) is 5.21. The van der Waals surface area contributed by atoms with Crippen molar-refractivity contribution in [2.24, 2.45) is 5.92 Å². The number of carbonyl (C=O) groups is 1. The Morgan fingerprint density at radius 1 is 1.22 bits per heavy atom. The highest BCUT2D eigenvalue weighted by Gasteiger charge is 2.14. The Balaban J connectivity index is 2.62. The summed E-state index contributed by atoms with van der Waals surface area (Å²) in [5.74, 6) is 1.24. The SMILES string of the molecule is CC(C)COc1ccc(C(=O)NC(C)(C)C)cc1. The molecular weight excluding hydrogens is 226 g/mol. The predicted octanol–water partition coefficient (Wildman–Crippen LogP) is 3.25. The number of benzene rings is 1. The van der Waals surface area contributed by atoms with Crippen molar-refractivity contribution in [3.63, 3.8) is 0 Å². The molecule has 0 saturated carbocycles. The monoisotopic (exact) mass is 249 g/mol. The van der Waals surface area contributed by atoms with Gasteiger partial charge >= 0.3 is 0 Å². The van der Waals surface area contributed by atoms with Crippen LogP contribution in [-0.2, 0) is 0 Å². The lowest BCUT2D eigenvalue weighted by atomic mass is 10.1. The number of ether oxygens (including phenoxy) is 1. The number of nitrogens with one attached hydrogen (secondary N) is 1. The maximum absolute atomic E-state index is 11.9. The van der Waals surface area contributed by atoms with Crippen LogP contribution >= 0.6 is 0 Å². The van der Waals surface area contributed by atoms with Crippen molar-refractivity contribution in [2.75, 3.05) is 6.61 Å². The smallest absolute Gasteiger partial charge is 0.251 e. The summed E-state index contributed by atoms with van der Waals surface area (Å²) in [4.78, 5) is 11.9. The molecule has 0 aliphatic heterocycles. The molecule has 0 fully saturated rings. The second-order valence-corrected chi connectivity index (χ2v) is 5.93. The van der Waals surface area contributed by atoms with Gasteiger partial charge < -0.3 is 10.1 Å². The Labute approximate surface area is 110 Å². The molecule has 0 aliphatic carbocycles. The molecule has 0 aliphatic rings. The van der Waals surface area contributed by atoms with Crippen LogP contribution in [0.4, 0.5) is 0 Å². The van der Waals surface area contributed by atoms with Gasteiger partial charge in [-0.1, -0.05) is 13.8 Å². The number of amides is 1. The predicted molar refractivity (Wildman–Crippen MR) is 74.0 cm³/mol. The van der Waals surface area contributed by atoms with Crippen LogP contribution in [0, 0.1) is 5.92 Å². The van der Waals surface area contributed by atoms with E-state index in [0.717, 1.165) is 5.75 Å². The molecule has 0 heterocycles. The molecule has 1 N–H and O–H groups in total. The summed E-state index contributed by atoms with van der Waals surface area (Å²) in [6.45, 7) is 10.8. The minimum absolute atomic E-state index is 0.0575. The molecule has 100 valence electrons. The lowest BCUT2D eigenvalue weighted by Crippen LogP contribution is -2.40. The number of rotatable bonds is 4. The van der Waals surface area contributed by atoms with E-state index in [9.17, 15) is 4.79 Å². The third-order valence-electron chi connectivity index (χ3n) is 2.19. The summed E-state index contributed by atoms with van der Waals surface area (Å²) >= 11 is 0. The number of hydrogen-bond acceptors (Lipinski definition) is 2. The molecule has 0 atom stereocenters. The summed E-state index contributed by atoms with van der Waals surface area (Å²) < 4.78 is 5.57. The van der Waals surface area contributed by atoms with Crippen molar-refractivity contribution in [1.82, 2.24) is 5.32 Å². The topological polar surface area (TPSA) is 38.3 Å². The van der Waals surface area contributed by atoms with E-state index in [2.05, 4.69) is 19.2 Å². The molecule has 0 bridgehead atoms. The van der Waals surface area contributed by atoms with Gasteiger partial charge in [-0.15, -0.1) is 0 Å². The van der Waals surface area contributed by atoms with Crippen molar-refractivity contribution >= 4 is 5.91 Å². The largest absolute Gasteiger partial charge is 0.493 e. The number of carbonyl (C=O) groups excluding carboxylic acids is 1. The molecule has 0 radical (unpaired) electrons. The van der Waals surface area contributed by atoms with E-state index in [1.807, 2.05) is 32.9 Å². The van der Waals surface area contributed by atoms with Gasteiger partial charge in [-0.25, -0.2) is 0 Å². The molecule has 1 rings (SSSR count). The Kier molecular flexibility index (Phi) is 4.76. The highest BCUT2D eigenvalue weighted by atomic mass is 16.5. The fourth-order valence-corrected chi connectivity index (χ4v) is 1.38. The van der Waals surface area contributed by atoms with Crippen molar-refractivity contribution in [3.8, 4) is 5.75 Å². The van der Waals surface area contributed by atoms with Gasteiger partial charge in [-0.2, -0.15) is 0 Å². The van der Waals surface area contributed by atoms with Crippen LogP contribution in [0.5, 0.6) is 5.75 Å². The van der Waals surface area contributed by atoms with Crippen LogP contribution in [0.25, 0.3) is 0 Å². The molecule has 0 spiro atoms. The highest BCUT2D eigenvalue weighted by Crippen LogP contribution is 2.14. The maximum Gasteiger partial charge on any atom is 0.251 e. The first kappa shape index (κ1) is 14.6. The molecule has 1 amide bonds. The Bertz CT molecular complexity index is 388. The first-order valence-electron chi connectivity index (χ1n) is 6.33. The van der Waals surface area contributed by atoms with Gasteiger partial charge in [0, 0.05) is 11.1 Å². The van der Waals surface area contributed by atoms with E-state index in [1.165, 1.54) is 0 Å². The maximum atomic E-state index is 11.9. The van der Waals surface area contributed by atoms with Gasteiger partial charge in [0.1, 0.15) is 5.75 Å². The van der Waals surface area contributed by atoms with Gasteiger partial charge in [0.25, 0.3) is 5.91 Å². The van der Waals surface area contributed by atoms with Crippen LogP contribution in [-0.4, -0.2) is 18.1 Å². The minimum atomic E-state index is -0.218. The summed E-state index contributed by atoms with van der Waals surface area (Å²) in [6, 6.07) is 7.24. The van der Waals surface area contributed by atoms with Crippen molar-refractivity contribution in [3.05, 3.63) is 29.8 Å². The van der Waals surface area contributed by atoms with Crippen molar-refractivity contribution in [2.45, 2.75) is 40.2 Å². The van der Waals surface area contributed by atoms with Crippen molar-refractivity contribution in [1.29, 1.82) is 0 Å². The molecule has 0 unspecified atom stereocenters. The quantitative estimate of drug-likeness (QED) is 0.889. The average Bonchev–Trinajstić information content (AvgIpc) is 2.24. The Hall–Kier alpha value is -1.51. The van der Waals surface area contributed by atoms with Gasteiger partial charge in [0.15, 0.2) is 0 Å². The second-order valence-electron chi connectivity index (χ2n) is 5.93. The first-order chi connectivity index (χ1) is 8.28. The molecule has 1 aromatic carbocycles. The summed E-state index contributed by atoms with van der Waals surface area (Å²) in [6.07, 6.45) is 0. The van der Waals surface area contributed by atoms with Gasteiger partial charge in [-0.05, 0) is 51.0 Å². The molecule has 0 saturated heterocycles. The fourth-order valence-electron chi connectivity index (χ4n) is 1.38. The molecule has 3 heteroatoms. The highest BCUT2D eigenvalue weighted by molar-refractivity contribution is 5.94. The Morgan fingerprint density at radius 3 is 2.22 bits per heavy atom. The lowest BCUT2D eigenvalue weighted by molar-refractivity contribution is 0.0919. The van der Waals surface area contributed by atoms with E-state index in [0.29, 0.717) is 18.1 Å². The van der Waals surface area contributed by atoms with Crippen LogP contribution in [0.15, 0.2) is 24.3 Å². The van der Waals surface area contributed by atoms with Gasteiger partial charge in [0.05, 0.1) is 6.61 Å². The van der Waals surface area contributed by atoms with Crippen LogP contribution in [0.3, 0.4) is 0 Å². The fraction of sp³-hybridized carbons (Fsp3) is 0.533. The van der Waals surface area contributed by atoms with Crippen molar-refractivity contribution < 1.29 is 9.53 Å². The molecule has 0 aromatic heterocycles. The normalized spacial score (nSPS) is 11.4. The third-order valence-corrected chi connectivity index (χ3v) is 2.19. The zero-order valence-electron chi connectivity index (χ0n) is 11.9. The van der Waals surface area contributed by atoms with E-state index in [1.54, 1.807) is 12.1 Å². The first-order valence-corrected chi connectivity index (χ1v) is 6.33. The van der Waals surface area contributed by atoms with Crippen LogP contribution in [0.1, 0.15) is 45.0 Å². The zero-order chi connectivity index (χ0) is 13.8. The molecule has 18 heavy (non-hydrogen) atoms. The molecule has 1 aromatic rings. The molecular formula is C15H23NO2. The molecule has 3 nitrogen and oxygen atoms in total. The summed E-state index contributed by atoms with van der Waals surface area (Å²) in [7, 11) is 0. The van der Waals surface area contributed by atoms with Crippen LogP contribution in [0.2, 0.25) is 0 Å². The standard InChI is InChI=1S/C15H23NO2/c1-11(2)10-18-13-8-6-12(7-9-13)14(17)16-15(3,4)5/h6-9,11H,10H2,1-5H3,(H,16,17). The van der Waals surface area contributed by atoms with E-state index in [4.69, 9.17) is 4.74 Å². The van der Waals surface area contributed by atoms with E-state index in [-0.39, 0.29) is 11.4 Å². The summed E-state index contributed by atoms with van der Waals surface area (Å²) in [5, 5.41) is 2.93. The van der Waals surface area contributed by atoms with E-state index >= 15 is 0 Å². The van der Waals surface area contributed by atoms with Gasteiger partial charge in [-0.3, -0.25) is 4.79 Å². The summed E-state index contributed by atoms with van der Waals surface area (Å²) in [5.41, 5.74) is 0.436. The minimum Gasteiger partial charge on any atom is -0.493 e. The second kappa shape index (κ2) is 5.89. The lowest BCUT2D eigenvalue weighted by Gasteiger charge is -2.20. The zero-order valence-corrected chi connectivity index (χ0v) is 11.9. The average molecular weight is 249 g/mol. The van der Waals surface area contributed by atoms with E-state index < -0.39 is 0 Å². The Morgan fingerprint density at radius 2 is 1.78 bits per heavy atom.